The van der Waals surface area contributed by atoms with Crippen LogP contribution in [0.1, 0.15) is 115 Å². The molecule has 1 atom stereocenters. The number of allylic oxidation sites excluding steroid dienone is 3. The molecule has 0 saturated carbocycles. The predicted octanol–water partition coefficient (Wildman–Crippen LogP) is 9.64. The minimum atomic E-state index is -0.494. The molecule has 2 aromatic carbocycles. The number of ether oxygens (including phenoxy) is 2. The monoisotopic (exact) mass is 680 g/mol. The lowest BCUT2D eigenvalue weighted by Crippen LogP contribution is -2.30. The van der Waals surface area contributed by atoms with Crippen molar-refractivity contribution in [2.75, 3.05) is 37.8 Å². The molecule has 2 aliphatic rings. The van der Waals surface area contributed by atoms with Crippen LogP contribution >= 0.6 is 0 Å². The molecule has 1 unspecified atom stereocenters. The summed E-state index contributed by atoms with van der Waals surface area (Å²) in [4.78, 5) is 17.6. The number of aromatic nitrogens is 2. The van der Waals surface area contributed by atoms with Crippen LogP contribution in [0.2, 0.25) is 0 Å². The summed E-state index contributed by atoms with van der Waals surface area (Å²) in [7, 11) is 0. The van der Waals surface area contributed by atoms with Crippen LogP contribution in [-0.4, -0.2) is 59.7 Å². The number of anilines is 1. The van der Waals surface area contributed by atoms with Gasteiger partial charge in [-0.1, -0.05) is 70.9 Å². The number of benzene rings is 2. The number of aromatic hydroxyl groups is 1. The predicted molar refractivity (Wildman–Crippen MR) is 205 cm³/mol. The first-order valence-corrected chi connectivity index (χ1v) is 18.4. The fourth-order valence-electron chi connectivity index (χ4n) is 7.10. The average molecular weight is 681 g/mol. The minimum absolute atomic E-state index is 0.00377. The highest BCUT2D eigenvalue weighted by Crippen LogP contribution is 2.44. The zero-order valence-corrected chi connectivity index (χ0v) is 30.7. The Balaban J connectivity index is 1.74. The van der Waals surface area contributed by atoms with Crippen LogP contribution < -0.4 is 9.64 Å². The maximum absolute atomic E-state index is 15.2. The molecular weight excluding hydrogens is 627 g/mol. The van der Waals surface area contributed by atoms with Gasteiger partial charge < -0.3 is 19.5 Å². The van der Waals surface area contributed by atoms with Gasteiger partial charge in [-0.3, -0.25) is 4.99 Å². The topological polar surface area (TPSA) is 80.1 Å². The molecule has 1 aliphatic heterocycles. The van der Waals surface area contributed by atoms with Crippen molar-refractivity contribution in [1.29, 1.82) is 0 Å². The van der Waals surface area contributed by atoms with E-state index < -0.39 is 5.82 Å². The summed E-state index contributed by atoms with van der Waals surface area (Å²) in [5.41, 5.74) is 4.55. The number of fused-ring (bicyclic) bond motifs is 2. The van der Waals surface area contributed by atoms with Crippen LogP contribution in [0.3, 0.4) is 0 Å². The summed E-state index contributed by atoms with van der Waals surface area (Å²) in [6.07, 6.45) is 18.8. The van der Waals surface area contributed by atoms with Gasteiger partial charge in [-0.05, 0) is 75.3 Å². The number of terminal acetylenes is 1. The summed E-state index contributed by atoms with van der Waals surface area (Å²) >= 11 is 0. The van der Waals surface area contributed by atoms with Gasteiger partial charge in [0.1, 0.15) is 17.4 Å². The van der Waals surface area contributed by atoms with E-state index in [1.165, 1.54) is 18.9 Å². The Hall–Kier alpha value is -4.22. The molecular formula is C42H53FN4O3. The highest BCUT2D eigenvalue weighted by atomic mass is 19.1. The van der Waals surface area contributed by atoms with Crippen molar-refractivity contribution in [3.8, 4) is 24.1 Å². The molecule has 1 aromatic heterocycles. The Morgan fingerprint density at radius 2 is 1.90 bits per heavy atom. The maximum atomic E-state index is 15.2. The van der Waals surface area contributed by atoms with E-state index in [1.807, 2.05) is 32.9 Å². The molecule has 1 fully saturated rings. The van der Waals surface area contributed by atoms with Crippen LogP contribution in [0.4, 0.5) is 10.2 Å². The van der Waals surface area contributed by atoms with Gasteiger partial charge in [0, 0.05) is 47.7 Å². The van der Waals surface area contributed by atoms with Gasteiger partial charge in [0.25, 0.3) is 0 Å². The van der Waals surface area contributed by atoms with Gasteiger partial charge >= 0.3 is 6.01 Å². The van der Waals surface area contributed by atoms with Gasteiger partial charge in [-0.25, -0.2) is 4.39 Å². The number of hydrogen-bond donors (Lipinski definition) is 1. The lowest BCUT2D eigenvalue weighted by atomic mass is 9.81. The zero-order chi connectivity index (χ0) is 35.8. The van der Waals surface area contributed by atoms with Crippen LogP contribution in [0.25, 0.3) is 28.0 Å². The summed E-state index contributed by atoms with van der Waals surface area (Å²) in [6, 6.07) is 6.50. The molecule has 1 aliphatic carbocycles. The van der Waals surface area contributed by atoms with Crippen molar-refractivity contribution in [2.45, 2.75) is 99.0 Å². The van der Waals surface area contributed by atoms with E-state index in [2.05, 4.69) is 31.6 Å². The maximum Gasteiger partial charge on any atom is 0.318 e. The van der Waals surface area contributed by atoms with E-state index in [4.69, 9.17) is 30.9 Å². The number of phenols is 1. The van der Waals surface area contributed by atoms with Gasteiger partial charge in [0.15, 0.2) is 0 Å². The largest absolute Gasteiger partial charge is 0.508 e. The summed E-state index contributed by atoms with van der Waals surface area (Å²) < 4.78 is 27.7. The van der Waals surface area contributed by atoms with E-state index >= 15 is 4.39 Å². The molecule has 50 heavy (non-hydrogen) atoms. The average Bonchev–Trinajstić information content (AvgIpc) is 3.39. The highest BCUT2D eigenvalue weighted by Gasteiger charge is 2.33. The first kappa shape index (κ1) is 37.0. The van der Waals surface area contributed by atoms with Crippen molar-refractivity contribution in [1.82, 2.24) is 9.97 Å². The molecule has 3 aromatic rings. The second kappa shape index (κ2) is 16.7. The Kier molecular flexibility index (Phi) is 12.3. The molecule has 1 saturated heterocycles. The van der Waals surface area contributed by atoms with Gasteiger partial charge in [0.2, 0.25) is 0 Å². The highest BCUT2D eigenvalue weighted by molar-refractivity contribution is 6.50. The van der Waals surface area contributed by atoms with Crippen LogP contribution in [0.15, 0.2) is 35.3 Å². The minimum Gasteiger partial charge on any atom is -0.508 e. The van der Waals surface area contributed by atoms with Crippen LogP contribution in [0.5, 0.6) is 11.8 Å². The fourth-order valence-corrected chi connectivity index (χ4v) is 7.10. The van der Waals surface area contributed by atoms with Crippen LogP contribution in [0, 0.1) is 23.6 Å². The molecule has 7 nitrogen and oxygen atoms in total. The third-order valence-electron chi connectivity index (χ3n) is 9.71. The smallest absolute Gasteiger partial charge is 0.318 e. The van der Waals surface area contributed by atoms with Crippen molar-refractivity contribution in [3.05, 3.63) is 58.5 Å². The molecule has 0 radical (unpaired) electrons. The first-order chi connectivity index (χ1) is 24.1. The number of nitrogens with zero attached hydrogens (tertiary/aromatic N) is 4. The quantitative estimate of drug-likeness (QED) is 0.143. The Bertz CT molecular complexity index is 1810. The lowest BCUT2D eigenvalue weighted by Gasteiger charge is -2.31. The fraction of sp³-hybridized carbons (Fsp3) is 0.500. The van der Waals surface area contributed by atoms with E-state index in [0.29, 0.717) is 65.7 Å². The standard InChI is InChI=1S/C42H53FN4O3/c1-8-12-14-19-42(7,18-13-9-2)27-50-41-45-36-26-34(33-25-30(48)24-29-16-17-35(43)31(10-3)37(29)33)39(44-28(5)6)32(11-4)38(36)40(46-41)47-20-15-22-49-23-21-47/h3,11,16-17,24-26,28,48H,8-9,12-15,18-23,27H2,1-2,4-7H3/b32-11-,44-39?. The normalized spacial score (nSPS) is 17.8. The van der Waals surface area contributed by atoms with E-state index in [-0.39, 0.29) is 22.8 Å². The molecule has 266 valence electrons. The van der Waals surface area contributed by atoms with Crippen molar-refractivity contribution >= 4 is 39.5 Å². The number of rotatable bonds is 13. The molecule has 0 amide bonds. The Labute approximate surface area is 297 Å². The number of unbranched alkanes of at least 4 members (excludes halogenated alkanes) is 3. The van der Waals surface area contributed by atoms with Crippen molar-refractivity contribution in [3.63, 3.8) is 0 Å². The zero-order valence-electron chi connectivity index (χ0n) is 30.7. The Morgan fingerprint density at radius 1 is 1.12 bits per heavy atom. The molecule has 1 N–H and O–H groups in total. The van der Waals surface area contributed by atoms with Crippen molar-refractivity contribution in [2.24, 2.45) is 10.4 Å². The van der Waals surface area contributed by atoms with Gasteiger partial charge in [-0.15, -0.1) is 6.42 Å². The van der Waals surface area contributed by atoms with Gasteiger partial charge in [-0.2, -0.15) is 9.97 Å². The Morgan fingerprint density at radius 3 is 2.62 bits per heavy atom. The molecule has 0 spiro atoms. The van der Waals surface area contributed by atoms with E-state index in [0.717, 1.165) is 62.0 Å². The lowest BCUT2D eigenvalue weighted by molar-refractivity contribution is 0.126. The molecule has 2 heterocycles. The number of halogens is 1. The molecule has 5 rings (SSSR count). The van der Waals surface area contributed by atoms with E-state index in [9.17, 15) is 5.11 Å². The second-order valence-electron chi connectivity index (χ2n) is 14.2. The molecule has 0 bridgehead atoms. The third-order valence-corrected chi connectivity index (χ3v) is 9.71. The number of phenolic OH excluding ortho intramolecular Hbond substituents is 1. The third kappa shape index (κ3) is 8.21. The summed E-state index contributed by atoms with van der Waals surface area (Å²) in [5, 5.41) is 12.1. The molecule has 8 heteroatoms. The van der Waals surface area contributed by atoms with Gasteiger partial charge in [0.05, 0.1) is 35.7 Å². The first-order valence-electron chi connectivity index (χ1n) is 18.4. The summed E-state index contributed by atoms with van der Waals surface area (Å²) in [6.45, 7) is 16.1. The van der Waals surface area contributed by atoms with Crippen LogP contribution in [-0.2, 0) is 4.74 Å². The summed E-state index contributed by atoms with van der Waals surface area (Å²) in [5.74, 6) is 2.90. The number of hydrogen-bond acceptors (Lipinski definition) is 7. The van der Waals surface area contributed by atoms with E-state index in [1.54, 1.807) is 18.2 Å². The number of aliphatic imine (C=N–C) groups is 1. The second-order valence-corrected chi connectivity index (χ2v) is 14.2. The van der Waals surface area contributed by atoms with Crippen molar-refractivity contribution < 1.29 is 19.0 Å². The SMILES string of the molecule is C#Cc1c(F)ccc2cc(O)cc(C3=Cc4nc(OCC(C)(CCCC)CCCCC)nc(N5CCCOCC5)c4/C(=C/C)C3=NC(C)C)c12.